The summed E-state index contributed by atoms with van der Waals surface area (Å²) in [6.07, 6.45) is 3.98. The molecule has 3 rings (SSSR count). The second-order valence-corrected chi connectivity index (χ2v) is 8.18. The van der Waals surface area contributed by atoms with Crippen LogP contribution in [0, 0.1) is 0 Å². The fourth-order valence-corrected chi connectivity index (χ4v) is 4.04. The Labute approximate surface area is 170 Å². The Morgan fingerprint density at radius 2 is 1.93 bits per heavy atom. The molecule has 144 valence electrons. The number of quaternary nitrogens is 1. The van der Waals surface area contributed by atoms with E-state index < -0.39 is 0 Å². The van der Waals surface area contributed by atoms with E-state index in [0.717, 1.165) is 42.4 Å². The molecule has 0 radical (unpaired) electrons. The van der Waals surface area contributed by atoms with Gasteiger partial charge in [-0.15, -0.1) is 11.8 Å². The SMILES string of the molecule is COc1cc(SC)ccc1C(=O)NC1CC[NH+](Cc2ccc(Cl)cc2)CC1. The fraction of sp³-hybridized carbons (Fsp3) is 0.381. The number of likely N-dealkylation sites (tertiary alicyclic amines) is 1. The molecule has 2 aromatic carbocycles. The van der Waals surface area contributed by atoms with Crippen LogP contribution in [0.3, 0.4) is 0 Å². The molecule has 1 fully saturated rings. The van der Waals surface area contributed by atoms with Crippen molar-refractivity contribution < 1.29 is 14.4 Å². The second kappa shape index (κ2) is 9.49. The molecule has 1 heterocycles. The molecule has 4 nitrogen and oxygen atoms in total. The highest BCUT2D eigenvalue weighted by Gasteiger charge is 2.24. The zero-order valence-electron chi connectivity index (χ0n) is 15.8. The van der Waals surface area contributed by atoms with Gasteiger partial charge in [-0.1, -0.05) is 23.7 Å². The van der Waals surface area contributed by atoms with E-state index in [0.29, 0.717) is 11.3 Å². The molecule has 1 aliphatic heterocycles. The van der Waals surface area contributed by atoms with Crippen molar-refractivity contribution in [1.29, 1.82) is 0 Å². The van der Waals surface area contributed by atoms with Gasteiger partial charge in [0.1, 0.15) is 12.3 Å². The fourth-order valence-electron chi connectivity index (χ4n) is 3.49. The summed E-state index contributed by atoms with van der Waals surface area (Å²) < 4.78 is 5.40. The van der Waals surface area contributed by atoms with E-state index in [2.05, 4.69) is 17.4 Å². The van der Waals surface area contributed by atoms with Crippen molar-refractivity contribution in [2.75, 3.05) is 26.5 Å². The van der Waals surface area contributed by atoms with Crippen molar-refractivity contribution >= 4 is 29.3 Å². The van der Waals surface area contributed by atoms with Crippen LogP contribution >= 0.6 is 23.4 Å². The van der Waals surface area contributed by atoms with E-state index in [1.54, 1.807) is 23.8 Å². The van der Waals surface area contributed by atoms with E-state index in [1.165, 1.54) is 5.56 Å². The van der Waals surface area contributed by atoms with Gasteiger partial charge in [0.2, 0.25) is 0 Å². The Hall–Kier alpha value is -1.69. The number of nitrogens with one attached hydrogen (secondary N) is 2. The van der Waals surface area contributed by atoms with Gasteiger partial charge in [0, 0.05) is 34.4 Å². The lowest BCUT2D eigenvalue weighted by Gasteiger charge is -2.30. The van der Waals surface area contributed by atoms with Crippen LogP contribution in [0.2, 0.25) is 5.02 Å². The summed E-state index contributed by atoms with van der Waals surface area (Å²) in [4.78, 5) is 15.3. The number of carbonyl (C=O) groups excluding carboxylic acids is 1. The van der Waals surface area contributed by atoms with Crippen LogP contribution in [0.1, 0.15) is 28.8 Å². The van der Waals surface area contributed by atoms with Gasteiger partial charge in [0.15, 0.2) is 0 Å². The maximum absolute atomic E-state index is 12.7. The average Bonchev–Trinajstić information content (AvgIpc) is 2.70. The minimum absolute atomic E-state index is 0.0503. The smallest absolute Gasteiger partial charge is 0.255 e. The van der Waals surface area contributed by atoms with Gasteiger partial charge in [0.05, 0.1) is 25.8 Å². The maximum atomic E-state index is 12.7. The molecule has 0 aromatic heterocycles. The minimum Gasteiger partial charge on any atom is -0.496 e. The highest BCUT2D eigenvalue weighted by Crippen LogP contribution is 2.25. The van der Waals surface area contributed by atoms with Crippen LogP contribution in [0.5, 0.6) is 5.75 Å². The van der Waals surface area contributed by atoms with Crippen LogP contribution in [-0.2, 0) is 6.54 Å². The topological polar surface area (TPSA) is 42.8 Å². The molecule has 0 spiro atoms. The first-order valence-electron chi connectivity index (χ1n) is 9.20. The molecule has 1 saturated heterocycles. The zero-order chi connectivity index (χ0) is 19.2. The third-order valence-corrected chi connectivity index (χ3v) is 6.03. The lowest BCUT2D eigenvalue weighted by molar-refractivity contribution is -0.918. The molecule has 27 heavy (non-hydrogen) atoms. The second-order valence-electron chi connectivity index (χ2n) is 6.87. The Morgan fingerprint density at radius 3 is 2.56 bits per heavy atom. The quantitative estimate of drug-likeness (QED) is 0.726. The number of halogens is 1. The normalized spacial score (nSPS) is 19.5. The van der Waals surface area contributed by atoms with E-state index in [4.69, 9.17) is 16.3 Å². The van der Waals surface area contributed by atoms with E-state index in [9.17, 15) is 4.79 Å². The predicted molar refractivity (Wildman–Crippen MR) is 111 cm³/mol. The van der Waals surface area contributed by atoms with Crippen molar-refractivity contribution in [3.63, 3.8) is 0 Å². The van der Waals surface area contributed by atoms with Crippen LogP contribution < -0.4 is 15.0 Å². The van der Waals surface area contributed by atoms with Gasteiger partial charge in [-0.05, 0) is 36.6 Å². The van der Waals surface area contributed by atoms with E-state index in [-0.39, 0.29) is 11.9 Å². The summed E-state index contributed by atoms with van der Waals surface area (Å²) in [5.41, 5.74) is 1.90. The molecule has 1 amide bonds. The molecule has 1 aliphatic rings. The highest BCUT2D eigenvalue weighted by molar-refractivity contribution is 7.98. The number of carbonyl (C=O) groups is 1. The van der Waals surface area contributed by atoms with Gasteiger partial charge in [-0.3, -0.25) is 4.79 Å². The first kappa shape index (κ1) is 20.1. The van der Waals surface area contributed by atoms with Gasteiger partial charge in [-0.2, -0.15) is 0 Å². The number of piperidine rings is 1. The van der Waals surface area contributed by atoms with Gasteiger partial charge < -0.3 is 15.0 Å². The number of hydrogen-bond donors (Lipinski definition) is 2. The van der Waals surface area contributed by atoms with Crippen LogP contribution in [0.25, 0.3) is 0 Å². The van der Waals surface area contributed by atoms with Crippen molar-refractivity contribution in [3.05, 3.63) is 58.6 Å². The molecular weight excluding hydrogens is 380 g/mol. The summed E-state index contributed by atoms with van der Waals surface area (Å²) >= 11 is 7.59. The number of benzene rings is 2. The number of thioether (sulfide) groups is 1. The number of ether oxygens (including phenoxy) is 1. The summed E-state index contributed by atoms with van der Waals surface area (Å²) in [6, 6.07) is 14.0. The molecule has 0 saturated carbocycles. The lowest BCUT2D eigenvalue weighted by atomic mass is 10.0. The third-order valence-electron chi connectivity index (χ3n) is 5.05. The van der Waals surface area contributed by atoms with Crippen molar-refractivity contribution in [2.45, 2.75) is 30.3 Å². The van der Waals surface area contributed by atoms with Gasteiger partial charge in [-0.25, -0.2) is 0 Å². The monoisotopic (exact) mass is 405 g/mol. The molecule has 0 aliphatic carbocycles. The average molecular weight is 406 g/mol. The lowest BCUT2D eigenvalue weighted by Crippen LogP contribution is -3.12. The first-order valence-corrected chi connectivity index (χ1v) is 10.8. The van der Waals surface area contributed by atoms with Crippen molar-refractivity contribution in [1.82, 2.24) is 5.32 Å². The summed E-state index contributed by atoms with van der Waals surface area (Å²) in [5, 5.41) is 3.96. The molecule has 2 aromatic rings. The number of rotatable bonds is 6. The molecule has 0 unspecified atom stereocenters. The van der Waals surface area contributed by atoms with E-state index in [1.807, 2.05) is 36.6 Å². The zero-order valence-corrected chi connectivity index (χ0v) is 17.3. The number of hydrogen-bond acceptors (Lipinski definition) is 3. The number of methoxy groups -OCH3 is 1. The Morgan fingerprint density at radius 1 is 1.22 bits per heavy atom. The molecule has 2 N–H and O–H groups in total. The summed E-state index contributed by atoms with van der Waals surface area (Å²) in [5.74, 6) is 0.579. The van der Waals surface area contributed by atoms with Gasteiger partial charge >= 0.3 is 0 Å². The summed E-state index contributed by atoms with van der Waals surface area (Å²) in [7, 11) is 1.61. The van der Waals surface area contributed by atoms with Crippen molar-refractivity contribution in [2.24, 2.45) is 0 Å². The largest absolute Gasteiger partial charge is 0.496 e. The van der Waals surface area contributed by atoms with Crippen LogP contribution in [0.15, 0.2) is 47.4 Å². The molecule has 0 atom stereocenters. The molecule has 6 heteroatoms. The van der Waals surface area contributed by atoms with E-state index >= 15 is 0 Å². The Balaban J connectivity index is 1.53. The summed E-state index contributed by atoms with van der Waals surface area (Å²) in [6.45, 7) is 3.11. The number of amides is 1. The van der Waals surface area contributed by atoms with Crippen LogP contribution in [0.4, 0.5) is 0 Å². The molecule has 0 bridgehead atoms. The molecular formula is C21H26ClN2O2S+. The Kier molecular flexibility index (Phi) is 7.05. The maximum Gasteiger partial charge on any atom is 0.255 e. The third kappa shape index (κ3) is 5.41. The highest BCUT2D eigenvalue weighted by atomic mass is 35.5. The Bertz CT molecular complexity index is 774. The standard InChI is InChI=1S/C21H25ClN2O2S/c1-26-20-13-18(27-2)7-8-19(20)21(25)23-17-9-11-24(12-10-17)14-15-3-5-16(22)6-4-15/h3-8,13,17H,9-12,14H2,1-2H3,(H,23,25)/p+1. The predicted octanol–water partition coefficient (Wildman–Crippen LogP) is 3.05. The first-order chi connectivity index (χ1) is 13.1. The van der Waals surface area contributed by atoms with Crippen LogP contribution in [-0.4, -0.2) is 38.4 Å². The van der Waals surface area contributed by atoms with Gasteiger partial charge in [0.25, 0.3) is 5.91 Å². The van der Waals surface area contributed by atoms with Crippen molar-refractivity contribution in [3.8, 4) is 5.75 Å². The minimum atomic E-state index is -0.0503.